The Balaban J connectivity index is 1.91. The van der Waals surface area contributed by atoms with Crippen molar-refractivity contribution >= 4 is 23.8 Å². The molecule has 0 aliphatic carbocycles. The number of hydrogen-bond donors (Lipinski definition) is 0. The van der Waals surface area contributed by atoms with E-state index in [0.717, 1.165) is 33.1 Å². The van der Waals surface area contributed by atoms with Gasteiger partial charge in [-0.1, -0.05) is 42.0 Å². The van der Waals surface area contributed by atoms with Crippen molar-refractivity contribution in [3.05, 3.63) is 81.4 Å². The van der Waals surface area contributed by atoms with Gasteiger partial charge in [-0.2, -0.15) is 10.4 Å². The molecule has 0 atom stereocenters. The lowest BCUT2D eigenvalue weighted by atomic mass is 10.1. The van der Waals surface area contributed by atoms with Gasteiger partial charge in [-0.15, -0.1) is 0 Å². The number of nitriles is 1. The zero-order valence-electron chi connectivity index (χ0n) is 14.1. The molecule has 0 spiro atoms. The molecule has 0 saturated carbocycles. The number of halogens is 1. The summed E-state index contributed by atoms with van der Waals surface area (Å²) < 4.78 is 1.95. The highest BCUT2D eigenvalue weighted by Crippen LogP contribution is 2.21. The lowest BCUT2D eigenvalue weighted by Gasteiger charge is -2.06. The fraction of sp³-hybridized carbons (Fsp3) is 0.150. The van der Waals surface area contributed by atoms with Crippen LogP contribution >= 0.6 is 11.6 Å². The molecule has 4 nitrogen and oxygen atoms in total. The fourth-order valence-electron chi connectivity index (χ4n) is 2.71. The first-order valence-electron chi connectivity index (χ1n) is 7.89. The van der Waals surface area contributed by atoms with E-state index in [1.165, 1.54) is 0 Å². The zero-order valence-corrected chi connectivity index (χ0v) is 14.8. The van der Waals surface area contributed by atoms with Gasteiger partial charge in [-0.05, 0) is 37.1 Å². The Bertz CT molecular complexity index is 980. The molecular formula is C20H17ClN4. The van der Waals surface area contributed by atoms with Crippen LogP contribution in [0, 0.1) is 25.2 Å². The van der Waals surface area contributed by atoms with E-state index in [9.17, 15) is 0 Å². The van der Waals surface area contributed by atoms with Crippen LogP contribution in [0.15, 0.2) is 42.7 Å². The van der Waals surface area contributed by atoms with Crippen molar-refractivity contribution in [2.45, 2.75) is 20.4 Å². The second-order valence-electron chi connectivity index (χ2n) is 5.74. The second-order valence-corrected chi connectivity index (χ2v) is 6.15. The van der Waals surface area contributed by atoms with Gasteiger partial charge < -0.3 is 0 Å². The Hall–Kier alpha value is -2.90. The molecule has 2 aromatic heterocycles. The summed E-state index contributed by atoms with van der Waals surface area (Å²) in [5.41, 5.74) is 5.47. The summed E-state index contributed by atoms with van der Waals surface area (Å²) in [6, 6.07) is 11.8. The summed E-state index contributed by atoms with van der Waals surface area (Å²) in [4.78, 5) is 3.98. The number of nitrogens with zero attached hydrogens (tertiary/aromatic N) is 4. The number of aromatic nitrogens is 3. The van der Waals surface area contributed by atoms with Crippen molar-refractivity contribution in [2.24, 2.45) is 0 Å². The van der Waals surface area contributed by atoms with E-state index < -0.39 is 0 Å². The Labute approximate surface area is 152 Å². The van der Waals surface area contributed by atoms with Crippen molar-refractivity contribution in [1.29, 1.82) is 5.26 Å². The first-order chi connectivity index (χ1) is 12.1. The largest absolute Gasteiger partial charge is 0.265 e. The summed E-state index contributed by atoms with van der Waals surface area (Å²) >= 11 is 6.26. The molecule has 3 rings (SSSR count). The summed E-state index contributed by atoms with van der Waals surface area (Å²) in [5, 5.41) is 14.5. The van der Waals surface area contributed by atoms with E-state index in [0.29, 0.717) is 12.1 Å². The minimum atomic E-state index is 0.553. The number of benzene rings is 1. The third kappa shape index (κ3) is 3.62. The van der Waals surface area contributed by atoms with Gasteiger partial charge in [0.1, 0.15) is 6.07 Å². The molecule has 0 saturated heterocycles. The Morgan fingerprint density at radius 3 is 2.76 bits per heavy atom. The molecule has 2 heterocycles. The molecule has 0 N–H and O–H groups in total. The molecule has 0 unspecified atom stereocenters. The van der Waals surface area contributed by atoms with Gasteiger partial charge in [0.15, 0.2) is 0 Å². The molecule has 3 aromatic rings. The Morgan fingerprint density at radius 2 is 2.00 bits per heavy atom. The van der Waals surface area contributed by atoms with Crippen LogP contribution in [0.1, 0.15) is 33.6 Å². The van der Waals surface area contributed by atoms with Crippen LogP contribution in [-0.4, -0.2) is 14.8 Å². The van der Waals surface area contributed by atoms with E-state index in [2.05, 4.69) is 16.2 Å². The first-order valence-corrected chi connectivity index (χ1v) is 8.27. The summed E-state index contributed by atoms with van der Waals surface area (Å²) in [5.74, 6) is 0. The van der Waals surface area contributed by atoms with E-state index in [1.54, 1.807) is 12.4 Å². The quantitative estimate of drug-likeness (QED) is 0.690. The molecule has 0 aliphatic heterocycles. The molecule has 124 valence electrons. The standard InChI is InChI=1S/C20H17ClN4/c1-14-19(8-7-16-9-10-23-12-18(16)11-22)15(2)25(24-14)13-17-5-3-4-6-20(17)21/h3-10,12H,13H2,1-2H3/b8-7+. The highest BCUT2D eigenvalue weighted by molar-refractivity contribution is 6.31. The lowest BCUT2D eigenvalue weighted by Crippen LogP contribution is -2.04. The van der Waals surface area contributed by atoms with Crippen LogP contribution in [0.4, 0.5) is 0 Å². The van der Waals surface area contributed by atoms with Gasteiger partial charge in [0.25, 0.3) is 0 Å². The summed E-state index contributed by atoms with van der Waals surface area (Å²) in [6.07, 6.45) is 7.18. The van der Waals surface area contributed by atoms with Crippen LogP contribution in [0.5, 0.6) is 0 Å². The minimum absolute atomic E-state index is 0.553. The molecular weight excluding hydrogens is 332 g/mol. The van der Waals surface area contributed by atoms with Crippen LogP contribution in [0.2, 0.25) is 5.02 Å². The summed E-state index contributed by atoms with van der Waals surface area (Å²) in [7, 11) is 0. The number of pyridine rings is 1. The molecule has 0 amide bonds. The maximum atomic E-state index is 9.17. The maximum absolute atomic E-state index is 9.17. The van der Waals surface area contributed by atoms with E-state index in [1.807, 2.05) is 61.0 Å². The Kier molecular flexibility index (Phi) is 4.97. The zero-order chi connectivity index (χ0) is 17.8. The van der Waals surface area contributed by atoms with Gasteiger partial charge in [-0.3, -0.25) is 9.67 Å². The average Bonchev–Trinajstić information content (AvgIpc) is 2.89. The topological polar surface area (TPSA) is 54.5 Å². The summed E-state index contributed by atoms with van der Waals surface area (Å²) in [6.45, 7) is 4.64. The molecule has 1 aromatic carbocycles. The van der Waals surface area contributed by atoms with Crippen LogP contribution in [0.25, 0.3) is 12.2 Å². The molecule has 0 bridgehead atoms. The van der Waals surface area contributed by atoms with Crippen LogP contribution < -0.4 is 0 Å². The fourth-order valence-corrected chi connectivity index (χ4v) is 2.91. The Morgan fingerprint density at radius 1 is 1.20 bits per heavy atom. The van der Waals surface area contributed by atoms with Crippen molar-refractivity contribution in [1.82, 2.24) is 14.8 Å². The molecule has 25 heavy (non-hydrogen) atoms. The third-order valence-electron chi connectivity index (χ3n) is 4.12. The van der Waals surface area contributed by atoms with Gasteiger partial charge in [-0.25, -0.2) is 0 Å². The first kappa shape index (κ1) is 16.9. The predicted molar refractivity (Wildman–Crippen MR) is 100 cm³/mol. The SMILES string of the molecule is Cc1nn(Cc2ccccc2Cl)c(C)c1/C=C/c1ccncc1C#N. The smallest absolute Gasteiger partial charge is 0.101 e. The van der Waals surface area contributed by atoms with Gasteiger partial charge in [0.2, 0.25) is 0 Å². The molecule has 0 fully saturated rings. The average molecular weight is 349 g/mol. The minimum Gasteiger partial charge on any atom is -0.265 e. The van der Waals surface area contributed by atoms with E-state index >= 15 is 0 Å². The van der Waals surface area contributed by atoms with Crippen molar-refractivity contribution < 1.29 is 0 Å². The lowest BCUT2D eigenvalue weighted by molar-refractivity contribution is 0.659. The molecule has 0 aliphatic rings. The van der Waals surface area contributed by atoms with Gasteiger partial charge in [0.05, 0.1) is 17.8 Å². The van der Waals surface area contributed by atoms with Crippen LogP contribution in [-0.2, 0) is 6.54 Å². The van der Waals surface area contributed by atoms with E-state index in [-0.39, 0.29) is 0 Å². The van der Waals surface area contributed by atoms with E-state index in [4.69, 9.17) is 16.9 Å². The normalized spacial score (nSPS) is 11.0. The van der Waals surface area contributed by atoms with Crippen molar-refractivity contribution in [3.63, 3.8) is 0 Å². The molecule has 5 heteroatoms. The van der Waals surface area contributed by atoms with Crippen molar-refractivity contribution in [3.8, 4) is 6.07 Å². The highest BCUT2D eigenvalue weighted by atomic mass is 35.5. The molecule has 0 radical (unpaired) electrons. The number of hydrogen-bond acceptors (Lipinski definition) is 3. The highest BCUT2D eigenvalue weighted by Gasteiger charge is 2.11. The number of rotatable bonds is 4. The second kappa shape index (κ2) is 7.33. The van der Waals surface area contributed by atoms with Crippen molar-refractivity contribution in [2.75, 3.05) is 0 Å². The third-order valence-corrected chi connectivity index (χ3v) is 4.49. The van der Waals surface area contributed by atoms with Gasteiger partial charge >= 0.3 is 0 Å². The van der Waals surface area contributed by atoms with Crippen LogP contribution in [0.3, 0.4) is 0 Å². The van der Waals surface area contributed by atoms with Gasteiger partial charge in [0, 0.05) is 28.7 Å². The predicted octanol–water partition coefficient (Wildman–Crippen LogP) is 4.64. The maximum Gasteiger partial charge on any atom is 0.101 e. The number of aryl methyl sites for hydroxylation is 1. The monoisotopic (exact) mass is 348 g/mol.